The number of nitrogens with one attached hydrogen (secondary N) is 1. The van der Waals surface area contributed by atoms with E-state index in [1.807, 2.05) is 42.5 Å². The lowest BCUT2D eigenvalue weighted by molar-refractivity contribution is -0.122. The average molecular weight is 417 g/mol. The summed E-state index contributed by atoms with van der Waals surface area (Å²) in [6.07, 6.45) is 1.07. The molecule has 0 radical (unpaired) electrons. The van der Waals surface area contributed by atoms with Gasteiger partial charge in [0.05, 0.1) is 11.9 Å². The first-order valence-corrected chi connectivity index (χ1v) is 11.0. The number of fused-ring (bicyclic) bond motifs is 1. The van der Waals surface area contributed by atoms with Gasteiger partial charge in [-0.1, -0.05) is 54.1 Å². The van der Waals surface area contributed by atoms with Gasteiger partial charge < -0.3 is 5.32 Å². The molecule has 0 heterocycles. The summed E-state index contributed by atoms with van der Waals surface area (Å²) in [5.74, 6) is -0.390. The van der Waals surface area contributed by atoms with Crippen molar-refractivity contribution in [3.63, 3.8) is 0 Å². The SMILES string of the molecule is CC(C(=O)NCc1ccc2ccccc2c1)N(c1cccc(Cl)c1)S(C)(=O)=O. The molecule has 0 saturated heterocycles. The molecule has 0 bridgehead atoms. The van der Waals surface area contributed by atoms with Crippen molar-refractivity contribution in [2.75, 3.05) is 10.6 Å². The third-order valence-electron chi connectivity index (χ3n) is 4.43. The van der Waals surface area contributed by atoms with Crippen molar-refractivity contribution >= 4 is 44.0 Å². The lowest BCUT2D eigenvalue weighted by Gasteiger charge is -2.28. The normalized spacial score (nSPS) is 12.5. The van der Waals surface area contributed by atoms with Gasteiger partial charge >= 0.3 is 0 Å². The Morgan fingerprint density at radius 1 is 1.04 bits per heavy atom. The van der Waals surface area contributed by atoms with E-state index in [9.17, 15) is 13.2 Å². The minimum Gasteiger partial charge on any atom is -0.350 e. The summed E-state index contributed by atoms with van der Waals surface area (Å²) < 4.78 is 25.7. The summed E-state index contributed by atoms with van der Waals surface area (Å²) in [5, 5.41) is 5.42. The number of sulfonamides is 1. The lowest BCUT2D eigenvalue weighted by atomic mass is 10.1. The molecular weight excluding hydrogens is 396 g/mol. The quantitative estimate of drug-likeness (QED) is 0.661. The van der Waals surface area contributed by atoms with E-state index < -0.39 is 22.0 Å². The number of hydrogen-bond acceptors (Lipinski definition) is 3. The molecule has 1 amide bonds. The van der Waals surface area contributed by atoms with Crippen LogP contribution in [0.5, 0.6) is 0 Å². The molecule has 0 aliphatic carbocycles. The summed E-state index contributed by atoms with van der Waals surface area (Å²) in [6.45, 7) is 1.86. The zero-order valence-corrected chi connectivity index (χ0v) is 17.2. The van der Waals surface area contributed by atoms with Gasteiger partial charge in [0.1, 0.15) is 6.04 Å². The summed E-state index contributed by atoms with van der Waals surface area (Å²) in [4.78, 5) is 12.7. The van der Waals surface area contributed by atoms with E-state index in [1.165, 1.54) is 6.07 Å². The van der Waals surface area contributed by atoms with Crippen LogP contribution in [0, 0.1) is 0 Å². The molecule has 1 unspecified atom stereocenters. The molecule has 28 heavy (non-hydrogen) atoms. The number of benzene rings is 3. The third kappa shape index (κ3) is 4.64. The molecule has 0 saturated carbocycles. The van der Waals surface area contributed by atoms with Crippen LogP contribution < -0.4 is 9.62 Å². The number of anilines is 1. The van der Waals surface area contributed by atoms with Crippen LogP contribution >= 0.6 is 11.6 Å². The molecule has 0 spiro atoms. The van der Waals surface area contributed by atoms with Gasteiger partial charge in [-0.2, -0.15) is 0 Å². The van der Waals surface area contributed by atoms with Gasteiger partial charge in [-0.15, -0.1) is 0 Å². The molecular formula is C21H21ClN2O3S. The maximum absolute atomic E-state index is 12.7. The summed E-state index contributed by atoms with van der Waals surface area (Å²) in [7, 11) is -3.68. The minimum absolute atomic E-state index is 0.307. The van der Waals surface area contributed by atoms with Gasteiger partial charge in [-0.25, -0.2) is 8.42 Å². The lowest BCUT2D eigenvalue weighted by Crippen LogP contribution is -2.47. The van der Waals surface area contributed by atoms with E-state index in [2.05, 4.69) is 5.32 Å². The molecule has 146 valence electrons. The zero-order chi connectivity index (χ0) is 20.3. The van der Waals surface area contributed by atoms with Crippen LogP contribution in [0.2, 0.25) is 5.02 Å². The molecule has 7 heteroatoms. The van der Waals surface area contributed by atoms with E-state index >= 15 is 0 Å². The topological polar surface area (TPSA) is 66.5 Å². The van der Waals surface area contributed by atoms with E-state index in [0.29, 0.717) is 17.3 Å². The van der Waals surface area contributed by atoms with Crippen molar-refractivity contribution < 1.29 is 13.2 Å². The van der Waals surface area contributed by atoms with Crippen molar-refractivity contribution in [1.29, 1.82) is 0 Å². The molecule has 0 aliphatic rings. The minimum atomic E-state index is -3.68. The highest BCUT2D eigenvalue weighted by Crippen LogP contribution is 2.24. The Hall–Kier alpha value is -2.57. The molecule has 1 atom stereocenters. The highest BCUT2D eigenvalue weighted by atomic mass is 35.5. The number of carbonyl (C=O) groups is 1. The average Bonchev–Trinajstić information content (AvgIpc) is 2.65. The highest BCUT2D eigenvalue weighted by Gasteiger charge is 2.29. The second-order valence-corrected chi connectivity index (χ2v) is 8.91. The summed E-state index contributed by atoms with van der Waals surface area (Å²) in [6, 6.07) is 19.4. The first-order valence-electron chi connectivity index (χ1n) is 8.76. The Labute approximate surface area is 170 Å². The fourth-order valence-corrected chi connectivity index (χ4v) is 4.46. The van der Waals surface area contributed by atoms with Crippen molar-refractivity contribution in [2.45, 2.75) is 19.5 Å². The van der Waals surface area contributed by atoms with Crippen molar-refractivity contribution in [3.05, 3.63) is 77.3 Å². The van der Waals surface area contributed by atoms with Gasteiger partial charge in [0.15, 0.2) is 0 Å². The number of halogens is 1. The van der Waals surface area contributed by atoms with Crippen LogP contribution in [0.3, 0.4) is 0 Å². The molecule has 3 rings (SSSR count). The van der Waals surface area contributed by atoms with Crippen LogP contribution in [0.1, 0.15) is 12.5 Å². The Kier molecular flexibility index (Phi) is 5.91. The van der Waals surface area contributed by atoms with E-state index in [-0.39, 0.29) is 0 Å². The van der Waals surface area contributed by atoms with Crippen molar-refractivity contribution in [1.82, 2.24) is 5.32 Å². The van der Waals surface area contributed by atoms with Crippen LogP contribution in [0.25, 0.3) is 10.8 Å². The summed E-state index contributed by atoms with van der Waals surface area (Å²) in [5.41, 5.74) is 1.29. The van der Waals surface area contributed by atoms with Crippen LogP contribution in [-0.4, -0.2) is 26.6 Å². The Balaban J connectivity index is 1.77. The fraction of sp³-hybridized carbons (Fsp3) is 0.190. The van der Waals surface area contributed by atoms with Crippen LogP contribution in [0.15, 0.2) is 66.7 Å². The number of nitrogens with zero attached hydrogens (tertiary/aromatic N) is 1. The fourth-order valence-electron chi connectivity index (χ4n) is 3.11. The van der Waals surface area contributed by atoms with Gasteiger partial charge in [0.2, 0.25) is 15.9 Å². The Bertz CT molecular complexity index is 1120. The number of rotatable bonds is 6. The van der Waals surface area contributed by atoms with Gasteiger partial charge in [-0.05, 0) is 47.5 Å². The summed E-state index contributed by atoms with van der Waals surface area (Å²) >= 11 is 5.99. The van der Waals surface area contributed by atoms with Gasteiger partial charge in [0.25, 0.3) is 0 Å². The van der Waals surface area contributed by atoms with Crippen molar-refractivity contribution in [2.24, 2.45) is 0 Å². The number of amides is 1. The monoisotopic (exact) mass is 416 g/mol. The van der Waals surface area contributed by atoms with Gasteiger partial charge in [-0.3, -0.25) is 9.10 Å². The second kappa shape index (κ2) is 8.20. The van der Waals surface area contributed by atoms with Crippen molar-refractivity contribution in [3.8, 4) is 0 Å². The molecule has 0 aromatic heterocycles. The maximum atomic E-state index is 12.7. The number of hydrogen-bond donors (Lipinski definition) is 1. The van der Waals surface area contributed by atoms with Crippen LogP contribution in [0.4, 0.5) is 5.69 Å². The molecule has 3 aromatic carbocycles. The predicted octanol–water partition coefficient (Wildman–Crippen LogP) is 3.96. The Morgan fingerprint density at radius 2 is 1.75 bits per heavy atom. The third-order valence-corrected chi connectivity index (χ3v) is 5.91. The molecule has 5 nitrogen and oxygen atoms in total. The van der Waals surface area contributed by atoms with E-state index in [4.69, 9.17) is 11.6 Å². The standard InChI is InChI=1S/C21H21ClN2O3S/c1-15(24(28(2,26)27)20-9-5-8-19(22)13-20)21(25)23-14-16-10-11-17-6-3-4-7-18(17)12-16/h3-13,15H,14H2,1-2H3,(H,23,25). The zero-order valence-electron chi connectivity index (χ0n) is 15.6. The maximum Gasteiger partial charge on any atom is 0.243 e. The van der Waals surface area contributed by atoms with Gasteiger partial charge in [0, 0.05) is 11.6 Å². The Morgan fingerprint density at radius 3 is 2.43 bits per heavy atom. The highest BCUT2D eigenvalue weighted by molar-refractivity contribution is 7.92. The molecule has 1 N–H and O–H groups in total. The molecule has 3 aromatic rings. The smallest absolute Gasteiger partial charge is 0.243 e. The van der Waals surface area contributed by atoms with E-state index in [1.54, 1.807) is 25.1 Å². The molecule has 0 fully saturated rings. The number of carbonyl (C=O) groups excluding carboxylic acids is 1. The largest absolute Gasteiger partial charge is 0.350 e. The predicted molar refractivity (Wildman–Crippen MR) is 114 cm³/mol. The first kappa shape index (κ1) is 20.2. The molecule has 0 aliphatic heterocycles. The van der Waals surface area contributed by atoms with E-state index in [0.717, 1.165) is 26.9 Å². The van der Waals surface area contributed by atoms with Crippen LogP contribution in [-0.2, 0) is 21.4 Å². The first-order chi connectivity index (χ1) is 13.3. The second-order valence-electron chi connectivity index (χ2n) is 6.61.